The number of aryl methyl sites for hydroxylation is 1. The van der Waals surface area contributed by atoms with E-state index in [1.54, 1.807) is 18.2 Å². The fourth-order valence-corrected chi connectivity index (χ4v) is 4.77. The lowest BCUT2D eigenvalue weighted by Crippen LogP contribution is -2.45. The molecule has 0 unspecified atom stereocenters. The lowest BCUT2D eigenvalue weighted by Gasteiger charge is -2.33. The highest BCUT2D eigenvalue weighted by Gasteiger charge is 2.27. The molecule has 7 heteroatoms. The highest BCUT2D eigenvalue weighted by Crippen LogP contribution is 2.29. The molecule has 2 aromatic carbocycles. The number of hydrogen-bond donors (Lipinski definition) is 2. The van der Waals surface area contributed by atoms with Crippen molar-refractivity contribution in [3.63, 3.8) is 0 Å². The number of rotatable bonds is 6. The molecule has 0 atom stereocenters. The summed E-state index contributed by atoms with van der Waals surface area (Å²) in [5.41, 5.74) is 1.22. The van der Waals surface area contributed by atoms with Crippen molar-refractivity contribution in [1.29, 1.82) is 0 Å². The van der Waals surface area contributed by atoms with E-state index in [0.29, 0.717) is 5.56 Å². The van der Waals surface area contributed by atoms with E-state index in [1.165, 1.54) is 24.3 Å². The summed E-state index contributed by atoms with van der Waals surface area (Å²) in [5.74, 6) is -0.255. The van der Waals surface area contributed by atoms with Crippen LogP contribution in [0.5, 0.6) is 0 Å². The predicted octanol–water partition coefficient (Wildman–Crippen LogP) is 5.39. The second kappa shape index (κ2) is 8.36. The quantitative estimate of drug-likeness (QED) is 0.637. The molecule has 29 heavy (non-hydrogen) atoms. The molecule has 158 valence electrons. The van der Waals surface area contributed by atoms with Gasteiger partial charge in [0.2, 0.25) is 0 Å². The number of carbonyl (C=O) groups excluding carboxylic acids is 1. The second-order valence-corrected chi connectivity index (χ2v) is 11.3. The Kier molecular flexibility index (Phi) is 6.70. The zero-order valence-electron chi connectivity index (χ0n) is 17.8. The van der Waals surface area contributed by atoms with Crippen molar-refractivity contribution in [3.05, 3.63) is 58.6 Å². The van der Waals surface area contributed by atoms with Gasteiger partial charge >= 0.3 is 0 Å². The monoisotopic (exact) mass is 436 g/mol. The highest BCUT2D eigenvalue weighted by molar-refractivity contribution is 7.92. The Bertz CT molecular complexity index is 992. The molecule has 0 saturated heterocycles. The van der Waals surface area contributed by atoms with Gasteiger partial charge in [-0.25, -0.2) is 8.42 Å². The van der Waals surface area contributed by atoms with Crippen LogP contribution in [0.4, 0.5) is 5.69 Å². The first kappa shape index (κ1) is 23.2. The van der Waals surface area contributed by atoms with E-state index in [9.17, 15) is 13.2 Å². The van der Waals surface area contributed by atoms with E-state index in [1.807, 2.05) is 20.8 Å². The van der Waals surface area contributed by atoms with Crippen LogP contribution < -0.4 is 10.0 Å². The van der Waals surface area contributed by atoms with E-state index in [0.717, 1.165) is 12.0 Å². The third-order valence-corrected chi connectivity index (χ3v) is 5.93. The first-order valence-electron chi connectivity index (χ1n) is 9.40. The van der Waals surface area contributed by atoms with Crippen molar-refractivity contribution in [3.8, 4) is 0 Å². The van der Waals surface area contributed by atoms with Crippen LogP contribution in [0.2, 0.25) is 5.02 Å². The first-order chi connectivity index (χ1) is 13.2. The molecule has 0 aliphatic carbocycles. The molecule has 5 nitrogen and oxygen atoms in total. The van der Waals surface area contributed by atoms with E-state index in [2.05, 4.69) is 30.8 Å². The minimum atomic E-state index is -3.77. The fourth-order valence-electron chi connectivity index (χ4n) is 3.41. The fraction of sp³-hybridized carbons (Fsp3) is 0.409. The molecule has 0 aliphatic rings. The maximum atomic E-state index is 12.6. The lowest BCUT2D eigenvalue weighted by atomic mass is 9.81. The van der Waals surface area contributed by atoms with Crippen molar-refractivity contribution in [2.45, 2.75) is 58.4 Å². The third kappa shape index (κ3) is 6.75. The standard InChI is InChI=1S/C22H29ClN2O3S/c1-15-7-10-17(11-8-15)29(27,28)25-19-12-9-16(13-18(19)23)20(26)24-22(5,6)14-21(2,3)4/h7-13,25H,14H2,1-6H3,(H,24,26). The smallest absolute Gasteiger partial charge is 0.261 e. The summed E-state index contributed by atoms with van der Waals surface area (Å²) in [7, 11) is -3.77. The van der Waals surface area contributed by atoms with Crippen molar-refractivity contribution in [1.82, 2.24) is 5.32 Å². The summed E-state index contributed by atoms with van der Waals surface area (Å²) in [6.07, 6.45) is 0.800. The first-order valence-corrected chi connectivity index (χ1v) is 11.3. The summed E-state index contributed by atoms with van der Waals surface area (Å²) < 4.78 is 27.6. The van der Waals surface area contributed by atoms with Crippen LogP contribution in [0.15, 0.2) is 47.4 Å². The van der Waals surface area contributed by atoms with Crippen LogP contribution in [0, 0.1) is 12.3 Å². The lowest BCUT2D eigenvalue weighted by molar-refractivity contribution is 0.0891. The zero-order chi connectivity index (χ0) is 22.0. The minimum absolute atomic E-state index is 0.0620. The van der Waals surface area contributed by atoms with Crippen LogP contribution in [-0.2, 0) is 10.0 Å². The van der Waals surface area contributed by atoms with Gasteiger partial charge in [0, 0.05) is 11.1 Å². The van der Waals surface area contributed by atoms with Crippen LogP contribution in [0.3, 0.4) is 0 Å². The molecule has 0 radical (unpaired) electrons. The third-order valence-electron chi connectivity index (χ3n) is 4.23. The van der Waals surface area contributed by atoms with Gasteiger partial charge < -0.3 is 5.32 Å². The molecule has 0 bridgehead atoms. The van der Waals surface area contributed by atoms with E-state index in [-0.39, 0.29) is 26.9 Å². The minimum Gasteiger partial charge on any atom is -0.347 e. The van der Waals surface area contributed by atoms with Crippen molar-refractivity contribution >= 4 is 33.2 Å². The number of amides is 1. The molecule has 0 spiro atoms. The predicted molar refractivity (Wildman–Crippen MR) is 119 cm³/mol. The van der Waals surface area contributed by atoms with Gasteiger partial charge in [0.15, 0.2) is 0 Å². The van der Waals surface area contributed by atoms with Crippen LogP contribution in [0.25, 0.3) is 0 Å². The normalized spacial score (nSPS) is 12.5. The Morgan fingerprint density at radius 1 is 1.00 bits per heavy atom. The molecule has 0 aromatic heterocycles. The van der Waals surface area contributed by atoms with Crippen molar-refractivity contribution in [2.24, 2.45) is 5.41 Å². The largest absolute Gasteiger partial charge is 0.347 e. The maximum Gasteiger partial charge on any atom is 0.261 e. The number of anilines is 1. The van der Waals surface area contributed by atoms with Gasteiger partial charge in [-0.1, -0.05) is 50.1 Å². The molecule has 2 aromatic rings. The summed E-state index contributed by atoms with van der Waals surface area (Å²) in [5, 5.41) is 3.17. The highest BCUT2D eigenvalue weighted by atomic mass is 35.5. The Balaban J connectivity index is 2.17. The van der Waals surface area contributed by atoms with Gasteiger partial charge in [-0.05, 0) is 62.9 Å². The molecular weight excluding hydrogens is 408 g/mol. The summed E-state index contributed by atoms with van der Waals surface area (Å²) in [6.45, 7) is 12.2. The molecule has 0 fully saturated rings. The van der Waals surface area contributed by atoms with Gasteiger partial charge in [-0.3, -0.25) is 9.52 Å². The molecule has 0 saturated carbocycles. The van der Waals surface area contributed by atoms with Crippen LogP contribution >= 0.6 is 11.6 Å². The second-order valence-electron chi connectivity index (χ2n) is 9.19. The van der Waals surface area contributed by atoms with Gasteiger partial charge in [-0.15, -0.1) is 0 Å². The van der Waals surface area contributed by atoms with Crippen molar-refractivity contribution in [2.75, 3.05) is 4.72 Å². The topological polar surface area (TPSA) is 75.3 Å². The SMILES string of the molecule is Cc1ccc(S(=O)(=O)Nc2ccc(C(=O)NC(C)(C)CC(C)(C)C)cc2Cl)cc1. The molecule has 0 heterocycles. The Morgan fingerprint density at radius 3 is 2.10 bits per heavy atom. The summed E-state index contributed by atoms with van der Waals surface area (Å²) >= 11 is 6.26. The average Bonchev–Trinajstić information content (AvgIpc) is 2.54. The number of hydrogen-bond acceptors (Lipinski definition) is 3. The van der Waals surface area contributed by atoms with Crippen LogP contribution in [-0.4, -0.2) is 19.9 Å². The molecule has 1 amide bonds. The Labute approximate surface area is 178 Å². The van der Waals surface area contributed by atoms with Crippen LogP contribution in [0.1, 0.15) is 57.0 Å². The van der Waals surface area contributed by atoms with E-state index < -0.39 is 15.6 Å². The molecule has 2 rings (SSSR count). The zero-order valence-corrected chi connectivity index (χ0v) is 19.3. The van der Waals surface area contributed by atoms with Crippen molar-refractivity contribution < 1.29 is 13.2 Å². The number of carbonyl (C=O) groups is 1. The molecular formula is C22H29ClN2O3S. The average molecular weight is 437 g/mol. The Morgan fingerprint density at radius 2 is 1.59 bits per heavy atom. The molecule has 0 aliphatic heterocycles. The number of sulfonamides is 1. The summed E-state index contributed by atoms with van der Waals surface area (Å²) in [6, 6.07) is 11.0. The number of nitrogens with one attached hydrogen (secondary N) is 2. The summed E-state index contributed by atoms with van der Waals surface area (Å²) in [4.78, 5) is 12.8. The van der Waals surface area contributed by atoms with Gasteiger partial charge in [0.05, 0.1) is 15.6 Å². The number of halogens is 1. The number of benzene rings is 2. The van der Waals surface area contributed by atoms with E-state index >= 15 is 0 Å². The van der Waals surface area contributed by atoms with E-state index in [4.69, 9.17) is 11.6 Å². The van der Waals surface area contributed by atoms with Gasteiger partial charge in [0.1, 0.15) is 0 Å². The molecule has 2 N–H and O–H groups in total. The van der Waals surface area contributed by atoms with Gasteiger partial charge in [-0.2, -0.15) is 0 Å². The maximum absolute atomic E-state index is 12.6. The van der Waals surface area contributed by atoms with Gasteiger partial charge in [0.25, 0.3) is 15.9 Å². The Hall–Kier alpha value is -2.05.